The Balaban J connectivity index is 0.898. The van der Waals surface area contributed by atoms with Crippen molar-refractivity contribution in [3.05, 3.63) is 167 Å². The Morgan fingerprint density at radius 1 is 0.355 bits per heavy atom. The summed E-state index contributed by atoms with van der Waals surface area (Å²) in [6.45, 7) is 3.57. The summed E-state index contributed by atoms with van der Waals surface area (Å²) < 4.78 is 22.3. The normalized spacial score (nSPS) is 29.7. The molecular weight excluding hydrogens is 761 g/mol. The van der Waals surface area contributed by atoms with Gasteiger partial charge in [-0.25, -0.2) is 0 Å². The molecule has 4 saturated heterocycles. The van der Waals surface area contributed by atoms with E-state index in [1.54, 1.807) is 11.1 Å². The summed E-state index contributed by atoms with van der Waals surface area (Å²) in [6, 6.07) is 52.6. The molecular formula is C58H56O4. The standard InChI is InChI=1S/C58H56O4/c1-9-43(10-2-37(1)22-49-32-59-49)47-17-19-55(53(26-47)45-13-5-39(6-14-45)24-51-34-61-51)57-28-41-21-42(29-57)31-58(30-41,36-57)56-20-18-48(44-11-3-38(4-12-44)23-50-33-60-50)27-54(56)46-15-7-40(8-16-46)25-52-35-62-52/h1-20,26-27,41-42,49-52H,21-25,28-36H2. The van der Waals surface area contributed by atoms with E-state index in [0.717, 1.165) is 63.9 Å². The van der Waals surface area contributed by atoms with Gasteiger partial charge in [0.05, 0.1) is 50.8 Å². The first kappa shape index (κ1) is 37.7. The molecule has 0 spiro atoms. The van der Waals surface area contributed by atoms with Gasteiger partial charge in [0.1, 0.15) is 0 Å². The van der Waals surface area contributed by atoms with Crippen LogP contribution in [0.2, 0.25) is 0 Å². The molecule has 4 heteroatoms. The van der Waals surface area contributed by atoms with Gasteiger partial charge in [-0.15, -0.1) is 0 Å². The van der Waals surface area contributed by atoms with E-state index in [1.165, 1.54) is 105 Å². The molecule has 4 nitrogen and oxygen atoms in total. The SMILES string of the molecule is c1cc(-c2ccc(C34CC5CC(C3)CC(c3ccc(-c6ccc(CC7CO7)cc6)cc3-c3ccc(CC6CO6)cc3)(C5)C4)c(-c3ccc(CC4CO4)cc3)c2)ccc1CC1CO1. The molecule has 0 aromatic heterocycles. The molecule has 6 aromatic carbocycles. The minimum atomic E-state index is 0.123. The van der Waals surface area contributed by atoms with E-state index in [4.69, 9.17) is 18.9 Å². The van der Waals surface area contributed by atoms with Crippen molar-refractivity contribution in [1.29, 1.82) is 0 Å². The van der Waals surface area contributed by atoms with Gasteiger partial charge in [-0.1, -0.05) is 121 Å². The first-order chi connectivity index (χ1) is 30.5. The van der Waals surface area contributed by atoms with Crippen molar-refractivity contribution in [3.8, 4) is 44.5 Å². The first-order valence-corrected chi connectivity index (χ1v) is 23.6. The van der Waals surface area contributed by atoms with Crippen LogP contribution in [0.1, 0.15) is 71.9 Å². The Kier molecular flexibility index (Phi) is 9.05. The van der Waals surface area contributed by atoms with Crippen LogP contribution in [0.5, 0.6) is 0 Å². The fraction of sp³-hybridized carbons (Fsp3) is 0.379. The molecule has 0 radical (unpaired) electrons. The van der Waals surface area contributed by atoms with Gasteiger partial charge in [-0.05, 0) is 151 Å². The van der Waals surface area contributed by atoms with Gasteiger partial charge in [0.25, 0.3) is 0 Å². The van der Waals surface area contributed by atoms with E-state index >= 15 is 0 Å². The van der Waals surface area contributed by atoms with Crippen molar-refractivity contribution < 1.29 is 18.9 Å². The molecule has 0 amide bonds. The summed E-state index contributed by atoms with van der Waals surface area (Å²) in [4.78, 5) is 0. The van der Waals surface area contributed by atoms with Crippen LogP contribution in [0.25, 0.3) is 44.5 Å². The predicted molar refractivity (Wildman–Crippen MR) is 246 cm³/mol. The minimum Gasteiger partial charge on any atom is -0.373 e. The van der Waals surface area contributed by atoms with Crippen LogP contribution in [0.15, 0.2) is 133 Å². The number of rotatable bonds is 14. The topological polar surface area (TPSA) is 50.1 Å². The van der Waals surface area contributed by atoms with Crippen LogP contribution in [-0.2, 0) is 55.5 Å². The highest BCUT2D eigenvalue weighted by Gasteiger charge is 2.59. The van der Waals surface area contributed by atoms with Crippen molar-refractivity contribution >= 4 is 0 Å². The lowest BCUT2D eigenvalue weighted by Crippen LogP contribution is -2.56. The van der Waals surface area contributed by atoms with Crippen molar-refractivity contribution in [2.45, 2.75) is 99.5 Å². The molecule has 6 aromatic rings. The first-order valence-electron chi connectivity index (χ1n) is 23.6. The van der Waals surface area contributed by atoms with E-state index in [1.807, 2.05) is 0 Å². The summed E-state index contributed by atoms with van der Waals surface area (Å²) >= 11 is 0. The Bertz CT molecular complexity index is 2420. The van der Waals surface area contributed by atoms with Crippen LogP contribution in [0.3, 0.4) is 0 Å². The van der Waals surface area contributed by atoms with Gasteiger partial charge in [-0.3, -0.25) is 0 Å². The number of ether oxygens (including phenoxy) is 4. The largest absolute Gasteiger partial charge is 0.373 e. The Hall–Kier alpha value is -4.84. The van der Waals surface area contributed by atoms with Gasteiger partial charge < -0.3 is 18.9 Å². The molecule has 8 fully saturated rings. The number of epoxide rings is 4. The maximum absolute atomic E-state index is 5.62. The fourth-order valence-electron chi connectivity index (χ4n) is 12.8. The summed E-state index contributed by atoms with van der Waals surface area (Å²) in [5.41, 5.74) is 19.5. The lowest BCUT2D eigenvalue weighted by Gasteiger charge is -2.63. The highest BCUT2D eigenvalue weighted by Crippen LogP contribution is 2.68. The third-order valence-corrected chi connectivity index (χ3v) is 15.8. The van der Waals surface area contributed by atoms with Gasteiger partial charge in [0.2, 0.25) is 0 Å². The highest BCUT2D eigenvalue weighted by atomic mass is 16.6. The molecule has 4 bridgehead atoms. The van der Waals surface area contributed by atoms with Crippen LogP contribution >= 0.6 is 0 Å². The van der Waals surface area contributed by atoms with Gasteiger partial charge in [0, 0.05) is 25.7 Å². The molecule has 4 saturated carbocycles. The molecule has 14 rings (SSSR count). The monoisotopic (exact) mass is 816 g/mol. The van der Waals surface area contributed by atoms with Crippen molar-refractivity contribution in [3.63, 3.8) is 0 Å². The Morgan fingerprint density at radius 3 is 0.952 bits per heavy atom. The summed E-state index contributed by atoms with van der Waals surface area (Å²) in [5.74, 6) is 1.45. The van der Waals surface area contributed by atoms with E-state index in [-0.39, 0.29) is 10.8 Å². The fourth-order valence-corrected chi connectivity index (χ4v) is 12.8. The summed E-state index contributed by atoms with van der Waals surface area (Å²) in [6.07, 6.45) is 13.3. The third kappa shape index (κ3) is 7.47. The average molecular weight is 817 g/mol. The maximum Gasteiger partial charge on any atom is 0.0850 e. The molecule has 4 heterocycles. The van der Waals surface area contributed by atoms with E-state index in [0.29, 0.717) is 24.4 Å². The molecule has 4 aliphatic carbocycles. The van der Waals surface area contributed by atoms with Gasteiger partial charge >= 0.3 is 0 Å². The molecule has 312 valence electrons. The van der Waals surface area contributed by atoms with Crippen molar-refractivity contribution in [1.82, 2.24) is 0 Å². The van der Waals surface area contributed by atoms with Crippen LogP contribution in [-0.4, -0.2) is 50.8 Å². The average Bonchev–Trinajstić information content (AvgIpc) is 4.05. The quantitative estimate of drug-likeness (QED) is 0.103. The molecule has 4 unspecified atom stereocenters. The maximum atomic E-state index is 5.62. The highest BCUT2D eigenvalue weighted by molar-refractivity contribution is 5.79. The predicted octanol–water partition coefficient (Wildman–Crippen LogP) is 11.9. The smallest absolute Gasteiger partial charge is 0.0850 e. The van der Waals surface area contributed by atoms with Gasteiger partial charge in [0.15, 0.2) is 0 Å². The molecule has 8 aliphatic rings. The Morgan fingerprint density at radius 2 is 0.645 bits per heavy atom. The molecule has 4 atom stereocenters. The third-order valence-electron chi connectivity index (χ3n) is 15.8. The second kappa shape index (κ2) is 14.9. The second-order valence-corrected chi connectivity index (χ2v) is 20.5. The number of hydrogen-bond donors (Lipinski definition) is 0. The second-order valence-electron chi connectivity index (χ2n) is 20.5. The minimum absolute atomic E-state index is 0.123. The summed E-state index contributed by atoms with van der Waals surface area (Å²) in [7, 11) is 0. The van der Waals surface area contributed by atoms with Crippen molar-refractivity contribution in [2.75, 3.05) is 26.4 Å². The zero-order chi connectivity index (χ0) is 40.8. The molecule has 62 heavy (non-hydrogen) atoms. The number of hydrogen-bond acceptors (Lipinski definition) is 4. The van der Waals surface area contributed by atoms with Crippen LogP contribution in [0.4, 0.5) is 0 Å². The van der Waals surface area contributed by atoms with Crippen LogP contribution < -0.4 is 0 Å². The molecule has 4 aliphatic heterocycles. The lowest BCUT2D eigenvalue weighted by molar-refractivity contribution is -0.0276. The van der Waals surface area contributed by atoms with E-state index in [2.05, 4.69) is 133 Å². The lowest BCUT2D eigenvalue weighted by atomic mass is 9.41. The summed E-state index contributed by atoms with van der Waals surface area (Å²) in [5, 5.41) is 0. The van der Waals surface area contributed by atoms with Crippen molar-refractivity contribution in [2.24, 2.45) is 11.8 Å². The Labute approximate surface area is 366 Å². The number of benzene rings is 6. The van der Waals surface area contributed by atoms with E-state index < -0.39 is 0 Å². The molecule has 0 N–H and O–H groups in total. The van der Waals surface area contributed by atoms with Gasteiger partial charge in [-0.2, -0.15) is 0 Å². The zero-order valence-electron chi connectivity index (χ0n) is 35.7. The van der Waals surface area contributed by atoms with E-state index in [9.17, 15) is 0 Å². The van der Waals surface area contributed by atoms with Crippen LogP contribution in [0, 0.1) is 11.8 Å². The zero-order valence-corrected chi connectivity index (χ0v) is 35.7.